The van der Waals surface area contributed by atoms with Gasteiger partial charge in [0.25, 0.3) is 0 Å². The molecule has 5 nitrogen and oxygen atoms in total. The van der Waals surface area contributed by atoms with E-state index in [4.69, 9.17) is 10.8 Å². The number of nitrogens with two attached hydrogens (primary N) is 1. The fraction of sp³-hybridized carbons (Fsp3) is 0.800. The molecule has 0 aromatic carbocycles. The van der Waals surface area contributed by atoms with Gasteiger partial charge in [0.15, 0.2) is 0 Å². The summed E-state index contributed by atoms with van der Waals surface area (Å²) in [6, 6.07) is 0. The Hall–Kier alpha value is -1.10. The van der Waals surface area contributed by atoms with E-state index in [1.165, 1.54) is 0 Å². The largest absolute Gasteiger partial charge is 0.481 e. The zero-order valence-electron chi connectivity index (χ0n) is 9.38. The van der Waals surface area contributed by atoms with E-state index in [2.05, 4.69) is 5.32 Å². The monoisotopic (exact) mass is 216 g/mol. The van der Waals surface area contributed by atoms with Crippen LogP contribution in [0.4, 0.5) is 0 Å². The summed E-state index contributed by atoms with van der Waals surface area (Å²) in [5.74, 6) is -1.11. The number of carbonyl (C=O) groups is 2. The number of primary amides is 1. The van der Waals surface area contributed by atoms with E-state index in [-0.39, 0.29) is 24.3 Å². The minimum absolute atomic E-state index is 0.192. The second-order valence-electron chi connectivity index (χ2n) is 4.30. The van der Waals surface area contributed by atoms with Crippen LogP contribution in [0.25, 0.3) is 0 Å². The molecule has 0 radical (unpaired) electrons. The van der Waals surface area contributed by atoms with Crippen LogP contribution in [-0.2, 0) is 9.59 Å². The number of carbonyl (C=O) groups excluding carboxylic acids is 1. The molecular weight excluding hydrogens is 196 g/mol. The van der Waals surface area contributed by atoms with Gasteiger partial charge in [-0.15, -0.1) is 0 Å². The molecule has 0 aromatic heterocycles. The normalized spacial score (nSPS) is 11.3. The van der Waals surface area contributed by atoms with Crippen molar-refractivity contribution in [3.63, 3.8) is 0 Å². The number of carboxylic acid groups (broad SMARTS) is 1. The second-order valence-corrected chi connectivity index (χ2v) is 4.30. The van der Waals surface area contributed by atoms with Gasteiger partial charge >= 0.3 is 5.97 Å². The highest BCUT2D eigenvalue weighted by Crippen LogP contribution is 2.07. The van der Waals surface area contributed by atoms with Gasteiger partial charge in [-0.25, -0.2) is 0 Å². The van der Waals surface area contributed by atoms with Gasteiger partial charge in [-0.1, -0.05) is 0 Å². The van der Waals surface area contributed by atoms with Crippen molar-refractivity contribution in [2.24, 2.45) is 5.73 Å². The zero-order chi connectivity index (χ0) is 11.9. The molecule has 0 spiro atoms. The summed E-state index contributed by atoms with van der Waals surface area (Å²) in [4.78, 5) is 20.9. The molecule has 0 aromatic rings. The van der Waals surface area contributed by atoms with Crippen molar-refractivity contribution in [3.8, 4) is 0 Å². The van der Waals surface area contributed by atoms with Crippen LogP contribution in [-0.4, -0.2) is 29.1 Å². The highest BCUT2D eigenvalue weighted by atomic mass is 16.4. The average molecular weight is 216 g/mol. The molecule has 0 bridgehead atoms. The lowest BCUT2D eigenvalue weighted by atomic mass is 10.00. The van der Waals surface area contributed by atoms with Gasteiger partial charge < -0.3 is 16.2 Å². The number of hydrogen-bond acceptors (Lipinski definition) is 3. The molecule has 88 valence electrons. The van der Waals surface area contributed by atoms with Crippen LogP contribution in [0.15, 0.2) is 0 Å². The first-order valence-corrected chi connectivity index (χ1v) is 5.08. The molecule has 0 heterocycles. The lowest BCUT2D eigenvalue weighted by molar-refractivity contribution is -0.137. The van der Waals surface area contributed by atoms with Crippen molar-refractivity contribution in [2.75, 3.05) is 6.54 Å². The Morgan fingerprint density at radius 1 is 1.33 bits per heavy atom. The number of aliphatic carboxylic acids is 1. The Morgan fingerprint density at radius 2 is 1.93 bits per heavy atom. The second kappa shape index (κ2) is 6.40. The Morgan fingerprint density at radius 3 is 2.40 bits per heavy atom. The van der Waals surface area contributed by atoms with E-state index in [9.17, 15) is 9.59 Å². The summed E-state index contributed by atoms with van der Waals surface area (Å²) >= 11 is 0. The van der Waals surface area contributed by atoms with Crippen LogP contribution in [0.3, 0.4) is 0 Å². The highest BCUT2D eigenvalue weighted by molar-refractivity contribution is 5.74. The number of amides is 1. The van der Waals surface area contributed by atoms with Crippen molar-refractivity contribution in [3.05, 3.63) is 0 Å². The summed E-state index contributed by atoms with van der Waals surface area (Å²) in [6.45, 7) is 4.50. The lowest BCUT2D eigenvalue weighted by Gasteiger charge is -2.24. The molecule has 0 aliphatic rings. The van der Waals surface area contributed by atoms with Gasteiger partial charge in [-0.2, -0.15) is 0 Å². The molecule has 0 aliphatic heterocycles. The Bertz CT molecular complexity index is 227. The Balaban J connectivity index is 3.57. The minimum atomic E-state index is -0.772. The fourth-order valence-corrected chi connectivity index (χ4v) is 1.33. The van der Waals surface area contributed by atoms with Crippen molar-refractivity contribution >= 4 is 11.9 Å². The summed E-state index contributed by atoms with van der Waals surface area (Å²) in [5.41, 5.74) is 4.78. The standard InChI is InChI=1S/C10H20N2O3/c1-10(2,7-8(11)13)12-6-4-3-5-9(14)15/h12H,3-7H2,1-2H3,(H2,11,13)(H,14,15). The number of nitrogens with one attached hydrogen (secondary N) is 1. The van der Waals surface area contributed by atoms with Crippen LogP contribution < -0.4 is 11.1 Å². The quantitative estimate of drug-likeness (QED) is 0.515. The molecule has 0 unspecified atom stereocenters. The first-order chi connectivity index (χ1) is 6.83. The third-order valence-corrected chi connectivity index (χ3v) is 2.04. The first-order valence-electron chi connectivity index (χ1n) is 5.08. The van der Waals surface area contributed by atoms with Gasteiger partial charge in [-0.05, 0) is 33.2 Å². The van der Waals surface area contributed by atoms with Crippen molar-refractivity contribution in [2.45, 2.75) is 45.1 Å². The topological polar surface area (TPSA) is 92.4 Å². The number of carboxylic acids is 1. The lowest BCUT2D eigenvalue weighted by Crippen LogP contribution is -2.43. The SMILES string of the molecule is CC(C)(CC(N)=O)NCCCCC(=O)O. The fourth-order valence-electron chi connectivity index (χ4n) is 1.33. The first kappa shape index (κ1) is 13.9. The Labute approximate surface area is 90.0 Å². The molecule has 0 rings (SSSR count). The minimum Gasteiger partial charge on any atom is -0.481 e. The van der Waals surface area contributed by atoms with Gasteiger partial charge in [-0.3, -0.25) is 9.59 Å². The molecular formula is C10H20N2O3. The number of hydrogen-bond donors (Lipinski definition) is 3. The van der Waals surface area contributed by atoms with E-state index in [1.807, 2.05) is 13.8 Å². The van der Waals surface area contributed by atoms with Gasteiger partial charge in [0, 0.05) is 18.4 Å². The van der Waals surface area contributed by atoms with Crippen molar-refractivity contribution in [1.29, 1.82) is 0 Å². The van der Waals surface area contributed by atoms with E-state index >= 15 is 0 Å². The molecule has 0 atom stereocenters. The van der Waals surface area contributed by atoms with Crippen LogP contribution >= 0.6 is 0 Å². The summed E-state index contributed by atoms with van der Waals surface area (Å²) in [5, 5.41) is 11.6. The molecule has 0 saturated heterocycles. The smallest absolute Gasteiger partial charge is 0.303 e. The molecule has 15 heavy (non-hydrogen) atoms. The van der Waals surface area contributed by atoms with Crippen LogP contribution in [0.5, 0.6) is 0 Å². The van der Waals surface area contributed by atoms with Crippen LogP contribution in [0, 0.1) is 0 Å². The maximum absolute atomic E-state index is 10.7. The summed E-state index contributed by atoms with van der Waals surface area (Å²) < 4.78 is 0. The van der Waals surface area contributed by atoms with E-state index in [0.29, 0.717) is 13.0 Å². The summed E-state index contributed by atoms with van der Waals surface area (Å²) in [7, 11) is 0. The molecule has 0 fully saturated rings. The maximum Gasteiger partial charge on any atom is 0.303 e. The Kier molecular flexibility index (Phi) is 5.93. The molecule has 5 heteroatoms. The van der Waals surface area contributed by atoms with Gasteiger partial charge in [0.1, 0.15) is 0 Å². The molecule has 0 aliphatic carbocycles. The predicted molar refractivity (Wildman–Crippen MR) is 57.4 cm³/mol. The van der Waals surface area contributed by atoms with Crippen LogP contribution in [0.1, 0.15) is 39.5 Å². The number of unbranched alkanes of at least 4 members (excludes halogenated alkanes) is 1. The molecule has 1 amide bonds. The van der Waals surface area contributed by atoms with Gasteiger partial charge in [0.2, 0.25) is 5.91 Å². The number of rotatable bonds is 8. The van der Waals surface area contributed by atoms with E-state index in [1.54, 1.807) is 0 Å². The van der Waals surface area contributed by atoms with Crippen molar-refractivity contribution in [1.82, 2.24) is 5.32 Å². The van der Waals surface area contributed by atoms with Crippen molar-refractivity contribution < 1.29 is 14.7 Å². The third-order valence-electron chi connectivity index (χ3n) is 2.04. The predicted octanol–water partition coefficient (Wildman–Crippen LogP) is 0.485. The molecule has 0 saturated carbocycles. The zero-order valence-corrected chi connectivity index (χ0v) is 9.38. The van der Waals surface area contributed by atoms with Crippen LogP contribution in [0.2, 0.25) is 0 Å². The van der Waals surface area contributed by atoms with E-state index < -0.39 is 5.97 Å². The maximum atomic E-state index is 10.7. The van der Waals surface area contributed by atoms with Gasteiger partial charge in [0.05, 0.1) is 0 Å². The summed E-state index contributed by atoms with van der Waals surface area (Å²) in [6.07, 6.45) is 1.91. The highest BCUT2D eigenvalue weighted by Gasteiger charge is 2.18. The molecule has 4 N–H and O–H groups in total. The van der Waals surface area contributed by atoms with E-state index in [0.717, 1.165) is 6.42 Å². The average Bonchev–Trinajstić information content (AvgIpc) is 1.99. The third kappa shape index (κ3) is 9.21.